The van der Waals surface area contributed by atoms with Crippen LogP contribution in [0.3, 0.4) is 0 Å². The second-order valence-corrected chi connectivity index (χ2v) is 4.31. The van der Waals surface area contributed by atoms with Crippen molar-refractivity contribution in [1.82, 2.24) is 4.90 Å². The maximum atomic E-state index is 9.24. The largest absolute Gasteiger partial charge is 0.393 e. The fourth-order valence-electron chi connectivity index (χ4n) is 2.16. The molecule has 0 aromatic rings. The molecule has 1 saturated heterocycles. The van der Waals surface area contributed by atoms with Gasteiger partial charge in [0.25, 0.3) is 0 Å². The molecule has 3 heteroatoms. The molecule has 0 unspecified atom stereocenters. The van der Waals surface area contributed by atoms with Crippen molar-refractivity contribution < 1.29 is 9.84 Å². The third kappa shape index (κ3) is 1.87. The van der Waals surface area contributed by atoms with Gasteiger partial charge in [0.15, 0.2) is 0 Å². The third-order valence-electron chi connectivity index (χ3n) is 3.49. The van der Waals surface area contributed by atoms with Gasteiger partial charge in [0.05, 0.1) is 12.2 Å². The second-order valence-electron chi connectivity index (χ2n) is 4.31. The highest BCUT2D eigenvalue weighted by Gasteiger charge is 2.38. The average molecular weight is 185 g/mol. The molecular formula is C10H19NO2. The lowest BCUT2D eigenvalue weighted by molar-refractivity contribution is -0.0899. The molecule has 0 aromatic carbocycles. The van der Waals surface area contributed by atoms with Crippen molar-refractivity contribution in [2.24, 2.45) is 0 Å². The Kier molecular flexibility index (Phi) is 2.58. The van der Waals surface area contributed by atoms with Crippen molar-refractivity contribution in [1.29, 1.82) is 0 Å². The van der Waals surface area contributed by atoms with Crippen LogP contribution in [0, 0.1) is 0 Å². The van der Waals surface area contributed by atoms with Crippen molar-refractivity contribution in [3.8, 4) is 0 Å². The number of piperidine rings is 1. The summed E-state index contributed by atoms with van der Waals surface area (Å²) in [7, 11) is 1.71. The van der Waals surface area contributed by atoms with Crippen molar-refractivity contribution in [3.63, 3.8) is 0 Å². The Morgan fingerprint density at radius 3 is 2.38 bits per heavy atom. The van der Waals surface area contributed by atoms with E-state index in [0.29, 0.717) is 0 Å². The van der Waals surface area contributed by atoms with Crippen LogP contribution in [-0.4, -0.2) is 48.5 Å². The van der Waals surface area contributed by atoms with Gasteiger partial charge < -0.3 is 14.7 Å². The molecule has 2 fully saturated rings. The molecule has 3 nitrogen and oxygen atoms in total. The first-order valence-corrected chi connectivity index (χ1v) is 5.20. The van der Waals surface area contributed by atoms with Gasteiger partial charge in [-0.15, -0.1) is 0 Å². The van der Waals surface area contributed by atoms with E-state index in [1.165, 1.54) is 12.8 Å². The second kappa shape index (κ2) is 3.56. The Labute approximate surface area is 79.7 Å². The summed E-state index contributed by atoms with van der Waals surface area (Å²) in [6.07, 6.45) is 4.71. The first-order chi connectivity index (χ1) is 6.29. The van der Waals surface area contributed by atoms with Gasteiger partial charge in [-0.3, -0.25) is 0 Å². The molecular weight excluding hydrogens is 166 g/mol. The molecule has 0 amide bonds. The molecule has 13 heavy (non-hydrogen) atoms. The van der Waals surface area contributed by atoms with E-state index in [1.54, 1.807) is 7.11 Å². The molecule has 1 heterocycles. The van der Waals surface area contributed by atoms with Crippen LogP contribution >= 0.6 is 0 Å². The fourth-order valence-corrected chi connectivity index (χ4v) is 2.16. The van der Waals surface area contributed by atoms with Crippen LogP contribution in [0.5, 0.6) is 0 Å². The third-order valence-corrected chi connectivity index (χ3v) is 3.49. The zero-order valence-corrected chi connectivity index (χ0v) is 8.33. The topological polar surface area (TPSA) is 32.7 Å². The minimum Gasteiger partial charge on any atom is -0.393 e. The van der Waals surface area contributed by atoms with Crippen LogP contribution < -0.4 is 0 Å². The summed E-state index contributed by atoms with van der Waals surface area (Å²) in [4.78, 5) is 2.53. The van der Waals surface area contributed by atoms with E-state index in [9.17, 15) is 5.11 Å². The smallest absolute Gasteiger partial charge is 0.0932 e. The zero-order chi connectivity index (χ0) is 9.31. The van der Waals surface area contributed by atoms with E-state index in [4.69, 9.17) is 4.74 Å². The predicted octanol–water partition coefficient (Wildman–Crippen LogP) is 0.622. The van der Waals surface area contributed by atoms with Gasteiger partial charge in [0.1, 0.15) is 0 Å². The summed E-state index contributed by atoms with van der Waals surface area (Å²) in [5.74, 6) is 0. The van der Waals surface area contributed by atoms with Gasteiger partial charge in [0, 0.05) is 26.2 Å². The van der Waals surface area contributed by atoms with Gasteiger partial charge in [-0.25, -0.2) is 0 Å². The molecule has 2 rings (SSSR count). The van der Waals surface area contributed by atoms with Gasteiger partial charge in [-0.2, -0.15) is 0 Å². The van der Waals surface area contributed by atoms with E-state index in [-0.39, 0.29) is 12.2 Å². The van der Waals surface area contributed by atoms with Crippen molar-refractivity contribution in [2.45, 2.75) is 37.3 Å². The molecule has 1 N–H and O–H groups in total. The van der Waals surface area contributed by atoms with Crippen molar-refractivity contribution >= 4 is 0 Å². The number of hydrogen-bond acceptors (Lipinski definition) is 3. The highest BCUT2D eigenvalue weighted by atomic mass is 16.5. The van der Waals surface area contributed by atoms with E-state index >= 15 is 0 Å². The molecule has 0 atom stereocenters. The molecule has 0 spiro atoms. The summed E-state index contributed by atoms with van der Waals surface area (Å²) >= 11 is 0. The number of methoxy groups -OCH3 is 1. The summed E-state index contributed by atoms with van der Waals surface area (Å²) in [5.41, 5.74) is -0.231. The van der Waals surface area contributed by atoms with Crippen molar-refractivity contribution in [2.75, 3.05) is 26.8 Å². The number of rotatable bonds is 3. The highest BCUT2D eigenvalue weighted by Crippen LogP contribution is 2.33. The number of ether oxygens (including phenoxy) is 1. The lowest BCUT2D eigenvalue weighted by Crippen LogP contribution is -2.48. The average Bonchev–Trinajstić information content (AvgIpc) is 3.02. The van der Waals surface area contributed by atoms with Crippen LogP contribution in [0.15, 0.2) is 0 Å². The molecule has 0 bridgehead atoms. The van der Waals surface area contributed by atoms with Gasteiger partial charge in [0.2, 0.25) is 0 Å². The van der Waals surface area contributed by atoms with Gasteiger partial charge >= 0.3 is 0 Å². The van der Waals surface area contributed by atoms with Crippen LogP contribution in [0.2, 0.25) is 0 Å². The summed E-state index contributed by atoms with van der Waals surface area (Å²) in [5, 5.41) is 9.24. The Balaban J connectivity index is 1.86. The summed E-state index contributed by atoms with van der Waals surface area (Å²) in [6.45, 7) is 2.36. The molecule has 0 aromatic heterocycles. The monoisotopic (exact) mass is 185 g/mol. The Hall–Kier alpha value is -0.120. The molecule has 1 aliphatic carbocycles. The number of aliphatic hydroxyl groups is 1. The first kappa shape index (κ1) is 9.44. The number of nitrogens with zero attached hydrogens (tertiary/aromatic N) is 1. The van der Waals surface area contributed by atoms with E-state index in [0.717, 1.165) is 32.0 Å². The Morgan fingerprint density at radius 2 is 2.00 bits per heavy atom. The fraction of sp³-hybridized carbons (Fsp3) is 1.00. The summed E-state index contributed by atoms with van der Waals surface area (Å²) < 4.78 is 5.40. The Bertz CT molecular complexity index is 166. The zero-order valence-electron chi connectivity index (χ0n) is 8.33. The van der Waals surface area contributed by atoms with E-state index in [2.05, 4.69) is 4.90 Å². The van der Waals surface area contributed by atoms with Gasteiger partial charge in [-0.1, -0.05) is 0 Å². The maximum Gasteiger partial charge on any atom is 0.0932 e. The minimum atomic E-state index is -0.231. The SMILES string of the molecule is COC1(CO)CCN(C2CC2)CC1. The number of likely N-dealkylation sites (tertiary alicyclic amines) is 1. The minimum absolute atomic E-state index is 0.169. The summed E-state index contributed by atoms with van der Waals surface area (Å²) in [6, 6.07) is 0.855. The normalized spacial score (nSPS) is 29.1. The molecule has 2 aliphatic rings. The first-order valence-electron chi connectivity index (χ1n) is 5.20. The van der Waals surface area contributed by atoms with Crippen LogP contribution in [0.25, 0.3) is 0 Å². The molecule has 76 valence electrons. The number of hydrogen-bond donors (Lipinski definition) is 1. The van der Waals surface area contributed by atoms with E-state index < -0.39 is 0 Å². The van der Waals surface area contributed by atoms with Crippen LogP contribution in [0.1, 0.15) is 25.7 Å². The van der Waals surface area contributed by atoms with Gasteiger partial charge in [-0.05, 0) is 25.7 Å². The Morgan fingerprint density at radius 1 is 1.38 bits per heavy atom. The van der Waals surface area contributed by atoms with Crippen molar-refractivity contribution in [3.05, 3.63) is 0 Å². The van der Waals surface area contributed by atoms with E-state index in [1.807, 2.05) is 0 Å². The molecule has 1 aliphatic heterocycles. The standard InChI is InChI=1S/C10H19NO2/c1-13-10(8-12)4-6-11(7-5-10)9-2-3-9/h9,12H,2-8H2,1H3. The lowest BCUT2D eigenvalue weighted by atomic mass is 9.92. The quantitative estimate of drug-likeness (QED) is 0.699. The molecule has 0 radical (unpaired) electrons. The highest BCUT2D eigenvalue weighted by molar-refractivity contribution is 4.93. The maximum absolute atomic E-state index is 9.24. The lowest BCUT2D eigenvalue weighted by Gasteiger charge is -2.39. The molecule has 1 saturated carbocycles. The predicted molar refractivity (Wildman–Crippen MR) is 50.7 cm³/mol. The van der Waals surface area contributed by atoms with Crippen LogP contribution in [0.4, 0.5) is 0 Å². The number of aliphatic hydroxyl groups excluding tert-OH is 1. The van der Waals surface area contributed by atoms with Crippen LogP contribution in [-0.2, 0) is 4.74 Å².